The lowest BCUT2D eigenvalue weighted by Gasteiger charge is -2.16. The topological polar surface area (TPSA) is 76.7 Å². The first-order valence-electron chi connectivity index (χ1n) is 11.0. The summed E-state index contributed by atoms with van der Waals surface area (Å²) in [6.45, 7) is 3.91. The fourth-order valence-corrected chi connectivity index (χ4v) is 3.98. The molecule has 3 rings (SSSR count). The van der Waals surface area contributed by atoms with E-state index in [0.717, 1.165) is 11.1 Å². The Kier molecular flexibility index (Phi) is 10.1. The van der Waals surface area contributed by atoms with Gasteiger partial charge in [-0.3, -0.25) is 9.59 Å². The number of benzene rings is 3. The van der Waals surface area contributed by atoms with Gasteiger partial charge in [0.25, 0.3) is 11.8 Å². The van der Waals surface area contributed by atoms with Crippen molar-refractivity contribution >= 4 is 58.2 Å². The minimum atomic E-state index is -0.745. The molecule has 2 amide bonds. The number of rotatable bonds is 10. The van der Waals surface area contributed by atoms with Crippen LogP contribution in [0.15, 0.2) is 60.7 Å². The second kappa shape index (κ2) is 13.1. The van der Waals surface area contributed by atoms with Crippen LogP contribution < -0.4 is 20.1 Å². The monoisotopic (exact) mass is 568 g/mol. The Morgan fingerprint density at radius 3 is 1.36 bits per heavy atom. The molecular formula is C26H24Cl4N2O4. The molecule has 3 aromatic rings. The van der Waals surface area contributed by atoms with E-state index in [1.165, 1.54) is 0 Å². The van der Waals surface area contributed by atoms with Crippen molar-refractivity contribution < 1.29 is 19.1 Å². The van der Waals surface area contributed by atoms with Crippen LogP contribution in [0, 0.1) is 0 Å². The first-order valence-corrected chi connectivity index (χ1v) is 12.5. The third-order valence-corrected chi connectivity index (χ3v) is 6.15. The number of halogens is 4. The summed E-state index contributed by atoms with van der Waals surface area (Å²) >= 11 is 23.9. The molecule has 0 radical (unpaired) electrons. The van der Waals surface area contributed by atoms with E-state index in [1.807, 2.05) is 24.3 Å². The lowest BCUT2D eigenvalue weighted by atomic mass is 10.1. The zero-order valence-electron chi connectivity index (χ0n) is 19.5. The van der Waals surface area contributed by atoms with Crippen molar-refractivity contribution in [1.29, 1.82) is 0 Å². The second-order valence-corrected chi connectivity index (χ2v) is 9.61. The van der Waals surface area contributed by atoms with Crippen LogP contribution in [-0.2, 0) is 22.7 Å². The summed E-state index contributed by atoms with van der Waals surface area (Å²) in [5.41, 5.74) is 1.79. The van der Waals surface area contributed by atoms with Crippen LogP contribution in [-0.4, -0.2) is 24.0 Å². The molecule has 2 unspecified atom stereocenters. The molecule has 0 aliphatic rings. The first-order chi connectivity index (χ1) is 17.1. The molecule has 0 heterocycles. The molecule has 0 spiro atoms. The molecule has 190 valence electrons. The second-order valence-electron chi connectivity index (χ2n) is 7.92. The largest absolute Gasteiger partial charge is 0.479 e. The van der Waals surface area contributed by atoms with Crippen LogP contribution in [0.4, 0.5) is 0 Å². The first kappa shape index (κ1) is 27.9. The molecule has 3 aromatic carbocycles. The summed E-state index contributed by atoms with van der Waals surface area (Å²) in [7, 11) is 0. The fourth-order valence-electron chi connectivity index (χ4n) is 3.07. The van der Waals surface area contributed by atoms with Crippen molar-refractivity contribution in [1.82, 2.24) is 10.6 Å². The van der Waals surface area contributed by atoms with E-state index in [-0.39, 0.29) is 11.8 Å². The number of carbonyl (C=O) groups excluding carboxylic acids is 2. The number of hydrogen-bond acceptors (Lipinski definition) is 4. The van der Waals surface area contributed by atoms with Crippen LogP contribution in [0.25, 0.3) is 0 Å². The van der Waals surface area contributed by atoms with Gasteiger partial charge in [0.1, 0.15) is 11.5 Å². The molecule has 36 heavy (non-hydrogen) atoms. The van der Waals surface area contributed by atoms with E-state index >= 15 is 0 Å². The van der Waals surface area contributed by atoms with Gasteiger partial charge in [-0.1, -0.05) is 70.7 Å². The third-order valence-electron chi connectivity index (χ3n) is 5.09. The molecule has 2 N–H and O–H groups in total. The van der Waals surface area contributed by atoms with Crippen LogP contribution in [0.2, 0.25) is 20.1 Å². The Balaban J connectivity index is 1.43. The molecule has 10 heteroatoms. The Hall–Kier alpha value is -2.64. The molecule has 0 aliphatic heterocycles. The lowest BCUT2D eigenvalue weighted by Crippen LogP contribution is -2.36. The summed E-state index contributed by atoms with van der Waals surface area (Å²) in [4.78, 5) is 24.8. The van der Waals surface area contributed by atoms with Crippen LogP contribution in [0.1, 0.15) is 25.0 Å². The van der Waals surface area contributed by atoms with Crippen molar-refractivity contribution in [3.05, 3.63) is 91.9 Å². The maximum absolute atomic E-state index is 12.4. The van der Waals surface area contributed by atoms with Crippen molar-refractivity contribution in [2.24, 2.45) is 0 Å². The fraction of sp³-hybridized carbons (Fsp3) is 0.231. The van der Waals surface area contributed by atoms with Gasteiger partial charge >= 0.3 is 0 Å². The van der Waals surface area contributed by atoms with Crippen molar-refractivity contribution in [2.45, 2.75) is 39.1 Å². The van der Waals surface area contributed by atoms with E-state index in [1.54, 1.807) is 50.2 Å². The Labute approximate surface area is 229 Å². The molecule has 0 aromatic heterocycles. The van der Waals surface area contributed by atoms with Crippen molar-refractivity contribution in [3.63, 3.8) is 0 Å². The predicted octanol–water partition coefficient (Wildman–Crippen LogP) is 6.47. The van der Waals surface area contributed by atoms with Gasteiger partial charge in [0.2, 0.25) is 0 Å². The van der Waals surface area contributed by atoms with E-state index in [2.05, 4.69) is 10.6 Å². The smallest absolute Gasteiger partial charge is 0.261 e. The SMILES string of the molecule is CC(Oc1ccc(Cl)cc1Cl)C(=O)NCc1ccc(CNC(=O)C(C)Oc2ccc(Cl)cc2Cl)cc1. The minimum absolute atomic E-state index is 0.285. The number of amides is 2. The summed E-state index contributed by atoms with van der Waals surface area (Å²) in [5, 5.41) is 7.29. The van der Waals surface area contributed by atoms with Gasteiger partial charge in [-0.05, 0) is 61.4 Å². The maximum atomic E-state index is 12.4. The number of hydrogen-bond donors (Lipinski definition) is 2. The quantitative estimate of drug-likeness (QED) is 0.293. The number of carbonyl (C=O) groups is 2. The molecule has 0 saturated carbocycles. The Morgan fingerprint density at radius 1 is 0.667 bits per heavy atom. The average molecular weight is 570 g/mol. The van der Waals surface area contributed by atoms with E-state index in [0.29, 0.717) is 44.7 Å². The van der Waals surface area contributed by atoms with Crippen molar-refractivity contribution in [2.75, 3.05) is 0 Å². The van der Waals surface area contributed by atoms with E-state index in [4.69, 9.17) is 55.9 Å². The Bertz CT molecular complexity index is 1130. The zero-order valence-corrected chi connectivity index (χ0v) is 22.5. The van der Waals surface area contributed by atoms with E-state index in [9.17, 15) is 9.59 Å². The maximum Gasteiger partial charge on any atom is 0.261 e. The molecule has 0 aliphatic carbocycles. The predicted molar refractivity (Wildman–Crippen MR) is 143 cm³/mol. The van der Waals surface area contributed by atoms with Crippen LogP contribution in [0.5, 0.6) is 11.5 Å². The Morgan fingerprint density at radius 2 is 1.03 bits per heavy atom. The van der Waals surface area contributed by atoms with Gasteiger partial charge in [-0.25, -0.2) is 0 Å². The highest BCUT2D eigenvalue weighted by Crippen LogP contribution is 2.29. The number of ether oxygens (including phenoxy) is 2. The summed E-state index contributed by atoms with van der Waals surface area (Å²) in [6.07, 6.45) is -1.49. The molecule has 6 nitrogen and oxygen atoms in total. The minimum Gasteiger partial charge on any atom is -0.479 e. The highest BCUT2D eigenvalue weighted by atomic mass is 35.5. The van der Waals surface area contributed by atoms with Crippen molar-refractivity contribution in [3.8, 4) is 11.5 Å². The van der Waals surface area contributed by atoms with E-state index < -0.39 is 12.2 Å². The summed E-state index contributed by atoms with van der Waals surface area (Å²) in [5.74, 6) is 0.191. The number of nitrogens with one attached hydrogen (secondary N) is 2. The van der Waals surface area contributed by atoms with Gasteiger partial charge in [-0.15, -0.1) is 0 Å². The van der Waals surface area contributed by atoms with Gasteiger partial charge in [0.15, 0.2) is 12.2 Å². The standard InChI is InChI=1S/C26H24Cl4N2O4/c1-15(35-23-9-7-19(27)11-21(23)29)25(33)31-13-17-3-5-18(6-4-17)14-32-26(34)16(2)36-24-10-8-20(28)12-22(24)30/h3-12,15-16H,13-14H2,1-2H3,(H,31,33)(H,32,34). The normalized spacial score (nSPS) is 12.4. The molecule has 0 saturated heterocycles. The highest BCUT2D eigenvalue weighted by Gasteiger charge is 2.17. The summed E-state index contributed by atoms with van der Waals surface area (Å²) < 4.78 is 11.3. The zero-order chi connectivity index (χ0) is 26.2. The van der Waals surface area contributed by atoms with Gasteiger partial charge in [0.05, 0.1) is 10.0 Å². The highest BCUT2D eigenvalue weighted by molar-refractivity contribution is 6.36. The lowest BCUT2D eigenvalue weighted by molar-refractivity contribution is -0.128. The molecule has 2 atom stereocenters. The molecular weight excluding hydrogens is 546 g/mol. The molecule has 0 fully saturated rings. The van der Waals surface area contributed by atoms with Crippen LogP contribution in [0.3, 0.4) is 0 Å². The van der Waals surface area contributed by atoms with Gasteiger partial charge in [-0.2, -0.15) is 0 Å². The average Bonchev–Trinajstić information content (AvgIpc) is 2.84. The molecule has 0 bridgehead atoms. The summed E-state index contributed by atoms with van der Waals surface area (Å²) in [6, 6.07) is 17.1. The van der Waals surface area contributed by atoms with Crippen LogP contribution >= 0.6 is 46.4 Å². The van der Waals surface area contributed by atoms with Gasteiger partial charge in [0, 0.05) is 23.1 Å². The van der Waals surface area contributed by atoms with Gasteiger partial charge < -0.3 is 20.1 Å². The third kappa shape index (κ3) is 8.20.